The molecule has 0 amide bonds. The lowest BCUT2D eigenvalue weighted by Crippen LogP contribution is -2.44. The highest BCUT2D eigenvalue weighted by Crippen LogP contribution is 2.24. The summed E-state index contributed by atoms with van der Waals surface area (Å²) in [6.07, 6.45) is 0.546. The van der Waals surface area contributed by atoms with E-state index < -0.39 is 10.0 Å². The van der Waals surface area contributed by atoms with Crippen molar-refractivity contribution in [1.29, 1.82) is 0 Å². The van der Waals surface area contributed by atoms with E-state index in [2.05, 4.69) is 0 Å². The van der Waals surface area contributed by atoms with Gasteiger partial charge in [-0.3, -0.25) is 0 Å². The predicted molar refractivity (Wildman–Crippen MR) is 75.9 cm³/mol. The van der Waals surface area contributed by atoms with Crippen LogP contribution in [0.5, 0.6) is 0 Å². The molecule has 0 spiro atoms. The number of aliphatic hydroxyl groups is 1. The quantitative estimate of drug-likeness (QED) is 0.905. The van der Waals surface area contributed by atoms with E-state index in [0.717, 1.165) is 5.56 Å². The number of aliphatic hydroxyl groups excluding tert-OH is 1. The molecule has 2 rings (SSSR count). The number of hydrogen-bond donors (Lipinski definition) is 1. The minimum Gasteiger partial charge on any atom is -0.392 e. The summed E-state index contributed by atoms with van der Waals surface area (Å²) in [5.41, 5.74) is 1.39. The number of rotatable bonds is 4. The van der Waals surface area contributed by atoms with Crippen LogP contribution in [-0.2, 0) is 27.8 Å². The third-order valence-electron chi connectivity index (χ3n) is 3.52. The van der Waals surface area contributed by atoms with Crippen molar-refractivity contribution in [3.8, 4) is 0 Å². The van der Waals surface area contributed by atoms with E-state index >= 15 is 0 Å². The summed E-state index contributed by atoms with van der Waals surface area (Å²) in [5.74, 6) is 0. The minimum absolute atomic E-state index is 0.0929. The van der Waals surface area contributed by atoms with E-state index in [9.17, 15) is 13.5 Å². The largest absolute Gasteiger partial charge is 0.392 e. The topological polar surface area (TPSA) is 66.8 Å². The van der Waals surface area contributed by atoms with Gasteiger partial charge in [0.2, 0.25) is 10.0 Å². The van der Waals surface area contributed by atoms with Gasteiger partial charge < -0.3 is 9.84 Å². The minimum atomic E-state index is -3.53. The molecule has 1 aliphatic heterocycles. The van der Waals surface area contributed by atoms with Crippen molar-refractivity contribution in [2.24, 2.45) is 0 Å². The van der Waals surface area contributed by atoms with Gasteiger partial charge in [-0.05, 0) is 30.5 Å². The van der Waals surface area contributed by atoms with E-state index in [0.29, 0.717) is 36.6 Å². The molecule has 20 heavy (non-hydrogen) atoms. The molecule has 112 valence electrons. The zero-order chi connectivity index (χ0) is 14.8. The molecular weight excluding hydrogens is 278 g/mol. The standard InChI is InChI=1S/C14H21NO4S/c1-3-13-5-4-12(10-16)8-14(13)20(17,18)15-6-7-19-11(2)9-15/h4-5,8,11,16H,3,6-7,9-10H2,1-2H3. The first-order valence-corrected chi connectivity index (χ1v) is 8.27. The van der Waals surface area contributed by atoms with Crippen molar-refractivity contribution < 1.29 is 18.3 Å². The zero-order valence-corrected chi connectivity index (χ0v) is 12.7. The van der Waals surface area contributed by atoms with Gasteiger partial charge in [-0.25, -0.2) is 8.42 Å². The average molecular weight is 299 g/mol. The number of benzene rings is 1. The number of morpholine rings is 1. The van der Waals surface area contributed by atoms with Crippen LogP contribution < -0.4 is 0 Å². The van der Waals surface area contributed by atoms with E-state index in [1.807, 2.05) is 13.8 Å². The number of nitrogens with zero attached hydrogens (tertiary/aromatic N) is 1. The molecule has 1 aromatic rings. The summed E-state index contributed by atoms with van der Waals surface area (Å²) in [7, 11) is -3.53. The molecule has 0 aliphatic carbocycles. The average Bonchev–Trinajstić information content (AvgIpc) is 2.46. The molecule has 1 N–H and O–H groups in total. The Morgan fingerprint density at radius 3 is 2.80 bits per heavy atom. The van der Waals surface area contributed by atoms with Crippen LogP contribution in [0.4, 0.5) is 0 Å². The van der Waals surface area contributed by atoms with E-state index in [-0.39, 0.29) is 12.7 Å². The van der Waals surface area contributed by atoms with Crippen LogP contribution in [0.3, 0.4) is 0 Å². The third kappa shape index (κ3) is 3.03. The highest BCUT2D eigenvalue weighted by atomic mass is 32.2. The first-order chi connectivity index (χ1) is 9.48. The second-order valence-electron chi connectivity index (χ2n) is 5.00. The van der Waals surface area contributed by atoms with Gasteiger partial charge in [-0.2, -0.15) is 4.31 Å². The van der Waals surface area contributed by atoms with Crippen LogP contribution in [0, 0.1) is 0 Å². The van der Waals surface area contributed by atoms with Gasteiger partial charge in [-0.15, -0.1) is 0 Å². The SMILES string of the molecule is CCc1ccc(CO)cc1S(=O)(=O)N1CCOC(C)C1. The second-order valence-corrected chi connectivity index (χ2v) is 6.90. The van der Waals surface area contributed by atoms with Gasteiger partial charge in [0, 0.05) is 13.1 Å². The maximum absolute atomic E-state index is 12.8. The van der Waals surface area contributed by atoms with Crippen LogP contribution >= 0.6 is 0 Å². The summed E-state index contributed by atoms with van der Waals surface area (Å²) < 4.78 is 32.4. The van der Waals surface area contributed by atoms with Gasteiger partial charge in [0.25, 0.3) is 0 Å². The number of sulfonamides is 1. The molecule has 6 heteroatoms. The Labute approximate surface area is 120 Å². The molecule has 1 fully saturated rings. The molecular formula is C14H21NO4S. The first-order valence-electron chi connectivity index (χ1n) is 6.83. The summed E-state index contributed by atoms with van der Waals surface area (Å²) >= 11 is 0. The first kappa shape index (κ1) is 15.4. The van der Waals surface area contributed by atoms with Crippen LogP contribution in [-0.4, -0.2) is 43.6 Å². The maximum Gasteiger partial charge on any atom is 0.243 e. The number of aryl methyl sites for hydroxylation is 1. The van der Waals surface area contributed by atoms with Crippen molar-refractivity contribution in [2.45, 2.75) is 37.9 Å². The third-order valence-corrected chi connectivity index (χ3v) is 5.46. The molecule has 0 radical (unpaired) electrons. The van der Waals surface area contributed by atoms with Crippen molar-refractivity contribution in [1.82, 2.24) is 4.31 Å². The predicted octanol–water partition coefficient (Wildman–Crippen LogP) is 1.15. The highest BCUT2D eigenvalue weighted by Gasteiger charge is 2.30. The lowest BCUT2D eigenvalue weighted by atomic mass is 10.1. The van der Waals surface area contributed by atoms with Crippen LogP contribution in [0.2, 0.25) is 0 Å². The lowest BCUT2D eigenvalue weighted by Gasteiger charge is -2.31. The fourth-order valence-corrected chi connectivity index (χ4v) is 4.22. The molecule has 1 heterocycles. The fourth-order valence-electron chi connectivity index (χ4n) is 2.37. The highest BCUT2D eigenvalue weighted by molar-refractivity contribution is 7.89. The Kier molecular flexibility index (Phi) is 4.80. The van der Waals surface area contributed by atoms with Crippen molar-refractivity contribution in [3.05, 3.63) is 29.3 Å². The molecule has 1 aliphatic rings. The van der Waals surface area contributed by atoms with Gasteiger partial charge in [0.15, 0.2) is 0 Å². The number of hydrogen-bond acceptors (Lipinski definition) is 4. The van der Waals surface area contributed by atoms with E-state index in [1.165, 1.54) is 4.31 Å². The van der Waals surface area contributed by atoms with Crippen molar-refractivity contribution in [3.63, 3.8) is 0 Å². The zero-order valence-electron chi connectivity index (χ0n) is 11.9. The summed E-state index contributed by atoms with van der Waals surface area (Å²) in [6.45, 7) is 4.79. The normalized spacial score (nSPS) is 21.1. The van der Waals surface area contributed by atoms with Crippen LogP contribution in [0.15, 0.2) is 23.1 Å². The van der Waals surface area contributed by atoms with Crippen LogP contribution in [0.1, 0.15) is 25.0 Å². The summed E-state index contributed by atoms with van der Waals surface area (Å²) in [4.78, 5) is 0.306. The molecule has 1 aromatic carbocycles. The molecule has 5 nitrogen and oxygen atoms in total. The van der Waals surface area contributed by atoms with Crippen molar-refractivity contribution >= 4 is 10.0 Å². The van der Waals surface area contributed by atoms with Gasteiger partial charge in [0.1, 0.15) is 0 Å². The van der Waals surface area contributed by atoms with Crippen LogP contribution in [0.25, 0.3) is 0 Å². The Bertz CT molecular complexity index is 571. The fraction of sp³-hybridized carbons (Fsp3) is 0.571. The number of ether oxygens (including phenoxy) is 1. The van der Waals surface area contributed by atoms with Gasteiger partial charge >= 0.3 is 0 Å². The monoisotopic (exact) mass is 299 g/mol. The lowest BCUT2D eigenvalue weighted by molar-refractivity contribution is 0.0101. The maximum atomic E-state index is 12.8. The Balaban J connectivity index is 2.42. The Hall–Kier alpha value is -0.950. The smallest absolute Gasteiger partial charge is 0.243 e. The van der Waals surface area contributed by atoms with E-state index in [4.69, 9.17) is 4.74 Å². The van der Waals surface area contributed by atoms with Gasteiger partial charge in [0.05, 0.1) is 24.2 Å². The summed E-state index contributed by atoms with van der Waals surface area (Å²) in [6, 6.07) is 5.12. The molecule has 0 bridgehead atoms. The Morgan fingerprint density at radius 2 is 2.20 bits per heavy atom. The summed E-state index contributed by atoms with van der Waals surface area (Å²) in [5, 5.41) is 9.22. The molecule has 1 saturated heterocycles. The molecule has 1 atom stereocenters. The second kappa shape index (κ2) is 6.22. The molecule has 0 aromatic heterocycles. The van der Waals surface area contributed by atoms with Gasteiger partial charge in [-0.1, -0.05) is 19.1 Å². The molecule has 0 saturated carbocycles. The molecule has 1 unspecified atom stereocenters. The van der Waals surface area contributed by atoms with E-state index in [1.54, 1.807) is 18.2 Å². The Morgan fingerprint density at radius 1 is 1.45 bits per heavy atom. The van der Waals surface area contributed by atoms with Crippen molar-refractivity contribution in [2.75, 3.05) is 19.7 Å².